The zero-order chi connectivity index (χ0) is 20.9. The van der Waals surface area contributed by atoms with Gasteiger partial charge in [0.15, 0.2) is 5.13 Å². The van der Waals surface area contributed by atoms with E-state index >= 15 is 0 Å². The Labute approximate surface area is 177 Å². The number of anilines is 1. The predicted molar refractivity (Wildman–Crippen MR) is 114 cm³/mol. The number of aromatic nitrogens is 3. The second-order valence-corrected chi connectivity index (χ2v) is 7.80. The summed E-state index contributed by atoms with van der Waals surface area (Å²) in [7, 11) is 1.60. The first-order chi connectivity index (χ1) is 14.7. The lowest BCUT2D eigenvalue weighted by atomic mass is 10.1. The maximum absolute atomic E-state index is 11.8. The minimum atomic E-state index is -0.300. The van der Waals surface area contributed by atoms with Crippen molar-refractivity contribution in [2.75, 3.05) is 38.8 Å². The van der Waals surface area contributed by atoms with Crippen LogP contribution in [0.5, 0.6) is 11.6 Å². The Hall–Kier alpha value is -2.98. The zero-order valence-corrected chi connectivity index (χ0v) is 17.6. The Morgan fingerprint density at radius 2 is 2.23 bits per heavy atom. The van der Waals surface area contributed by atoms with Gasteiger partial charge in [0.05, 0.1) is 26.5 Å². The molecule has 0 spiro atoms. The fourth-order valence-electron chi connectivity index (χ4n) is 3.11. The quantitative estimate of drug-likeness (QED) is 0.593. The molecule has 2 N–H and O–H groups in total. The molecule has 2 amide bonds. The van der Waals surface area contributed by atoms with Crippen molar-refractivity contribution < 1.29 is 19.0 Å². The van der Waals surface area contributed by atoms with Crippen LogP contribution in [0.4, 0.5) is 9.93 Å². The summed E-state index contributed by atoms with van der Waals surface area (Å²) in [5.74, 6) is 1.48. The number of urea groups is 1. The zero-order valence-electron chi connectivity index (χ0n) is 16.8. The number of ether oxygens (including phenoxy) is 3. The standard InChI is InChI=1S/C20H23N5O4S/c1-3-22-19(26)25-20-23-16-7-15(13-6-14(27-2)9-21-8-13)17(24-18(16)30-20)29-11-12-4-5-28-10-12/h6-9,12H,3-5,10-11H2,1-2H3,(H2,22,23,25,26). The number of methoxy groups -OCH3 is 1. The molecule has 0 radical (unpaired) electrons. The SMILES string of the molecule is CCNC(=O)Nc1nc2cc(-c3cncc(OC)c3)c(OCC3CCOC3)nc2s1. The normalized spacial score (nSPS) is 15.9. The number of carbonyl (C=O) groups excluding carboxylic acids is 1. The molecule has 3 aromatic rings. The summed E-state index contributed by atoms with van der Waals surface area (Å²) in [6, 6.07) is 3.48. The monoisotopic (exact) mass is 429 g/mol. The van der Waals surface area contributed by atoms with E-state index in [2.05, 4.69) is 20.6 Å². The Balaban J connectivity index is 1.69. The number of amides is 2. The highest BCUT2D eigenvalue weighted by molar-refractivity contribution is 7.22. The van der Waals surface area contributed by atoms with E-state index in [1.807, 2.05) is 19.1 Å². The molecule has 0 saturated carbocycles. The molecule has 30 heavy (non-hydrogen) atoms. The third-order valence-corrected chi connectivity index (χ3v) is 5.53. The van der Waals surface area contributed by atoms with E-state index in [4.69, 9.17) is 19.2 Å². The Morgan fingerprint density at radius 3 is 3.00 bits per heavy atom. The summed E-state index contributed by atoms with van der Waals surface area (Å²) < 4.78 is 16.9. The van der Waals surface area contributed by atoms with Crippen molar-refractivity contribution in [2.45, 2.75) is 13.3 Å². The summed E-state index contributed by atoms with van der Waals surface area (Å²) in [6.07, 6.45) is 4.35. The number of fused-ring (bicyclic) bond motifs is 1. The van der Waals surface area contributed by atoms with Crippen molar-refractivity contribution in [3.05, 3.63) is 24.5 Å². The minimum Gasteiger partial charge on any atom is -0.495 e. The number of nitrogens with one attached hydrogen (secondary N) is 2. The van der Waals surface area contributed by atoms with Gasteiger partial charge in [-0.3, -0.25) is 10.3 Å². The topological polar surface area (TPSA) is 107 Å². The number of thiazole rings is 1. The van der Waals surface area contributed by atoms with Gasteiger partial charge in [0.2, 0.25) is 5.88 Å². The Morgan fingerprint density at radius 1 is 1.33 bits per heavy atom. The predicted octanol–water partition coefficient (Wildman–Crippen LogP) is 3.32. The average molecular weight is 430 g/mol. The lowest BCUT2D eigenvalue weighted by Crippen LogP contribution is -2.28. The van der Waals surface area contributed by atoms with Gasteiger partial charge in [0.25, 0.3) is 0 Å². The maximum atomic E-state index is 11.8. The molecule has 4 heterocycles. The highest BCUT2D eigenvalue weighted by Gasteiger charge is 2.20. The molecule has 1 saturated heterocycles. The van der Waals surface area contributed by atoms with Crippen LogP contribution < -0.4 is 20.1 Å². The molecule has 9 nitrogen and oxygen atoms in total. The molecule has 1 aliphatic rings. The number of rotatable bonds is 7. The third-order valence-electron chi connectivity index (χ3n) is 4.65. The van der Waals surface area contributed by atoms with Crippen LogP contribution in [-0.4, -0.2) is 54.5 Å². The van der Waals surface area contributed by atoms with Gasteiger partial charge in [-0.05, 0) is 25.5 Å². The van der Waals surface area contributed by atoms with Crippen molar-refractivity contribution in [3.8, 4) is 22.8 Å². The van der Waals surface area contributed by atoms with Gasteiger partial charge in [0.1, 0.15) is 16.1 Å². The van der Waals surface area contributed by atoms with E-state index in [1.165, 1.54) is 11.3 Å². The minimum absolute atomic E-state index is 0.300. The van der Waals surface area contributed by atoms with E-state index in [9.17, 15) is 4.79 Å². The largest absolute Gasteiger partial charge is 0.495 e. The fourth-order valence-corrected chi connectivity index (χ4v) is 3.92. The van der Waals surface area contributed by atoms with Gasteiger partial charge in [-0.2, -0.15) is 0 Å². The lowest BCUT2D eigenvalue weighted by molar-refractivity contribution is 0.166. The molecule has 0 aliphatic carbocycles. The molecular weight excluding hydrogens is 406 g/mol. The Bertz CT molecular complexity index is 1040. The van der Waals surface area contributed by atoms with Gasteiger partial charge in [-0.1, -0.05) is 11.3 Å². The summed E-state index contributed by atoms with van der Waals surface area (Å²) in [6.45, 7) is 4.36. The summed E-state index contributed by atoms with van der Waals surface area (Å²) in [4.78, 5) is 25.9. The second kappa shape index (κ2) is 9.23. The van der Waals surface area contributed by atoms with Crippen LogP contribution in [0.15, 0.2) is 24.5 Å². The molecule has 1 atom stereocenters. The fraction of sp³-hybridized carbons (Fsp3) is 0.400. The summed E-state index contributed by atoms with van der Waals surface area (Å²) in [5, 5.41) is 5.89. The number of carbonyl (C=O) groups is 1. The number of hydrogen-bond acceptors (Lipinski definition) is 8. The van der Waals surface area contributed by atoms with Gasteiger partial charge in [-0.15, -0.1) is 0 Å². The van der Waals surface area contributed by atoms with E-state index in [-0.39, 0.29) is 6.03 Å². The number of pyridine rings is 2. The molecule has 4 rings (SSSR count). The van der Waals surface area contributed by atoms with Crippen molar-refractivity contribution in [1.82, 2.24) is 20.3 Å². The molecule has 0 aromatic carbocycles. The van der Waals surface area contributed by atoms with Gasteiger partial charge in [-0.25, -0.2) is 14.8 Å². The van der Waals surface area contributed by atoms with Crippen LogP contribution in [0.1, 0.15) is 13.3 Å². The van der Waals surface area contributed by atoms with E-state index in [1.54, 1.807) is 19.5 Å². The molecule has 0 bridgehead atoms. The van der Waals surface area contributed by atoms with E-state index < -0.39 is 0 Å². The smallest absolute Gasteiger partial charge is 0.321 e. The molecule has 1 unspecified atom stereocenters. The number of hydrogen-bond donors (Lipinski definition) is 2. The van der Waals surface area contributed by atoms with Crippen LogP contribution in [0.25, 0.3) is 21.5 Å². The summed E-state index contributed by atoms with van der Waals surface area (Å²) in [5.41, 5.74) is 2.25. The first-order valence-electron chi connectivity index (χ1n) is 9.72. The van der Waals surface area contributed by atoms with Crippen molar-refractivity contribution in [2.24, 2.45) is 5.92 Å². The highest BCUT2D eigenvalue weighted by atomic mass is 32.1. The second-order valence-electron chi connectivity index (χ2n) is 6.82. The molecule has 158 valence electrons. The first-order valence-corrected chi connectivity index (χ1v) is 10.5. The van der Waals surface area contributed by atoms with Crippen LogP contribution in [-0.2, 0) is 4.74 Å². The maximum Gasteiger partial charge on any atom is 0.321 e. The lowest BCUT2D eigenvalue weighted by Gasteiger charge is -2.13. The molecular formula is C20H23N5O4S. The van der Waals surface area contributed by atoms with E-state index in [0.717, 1.165) is 24.2 Å². The summed E-state index contributed by atoms with van der Waals surface area (Å²) >= 11 is 1.30. The van der Waals surface area contributed by atoms with Crippen molar-refractivity contribution in [3.63, 3.8) is 0 Å². The van der Waals surface area contributed by atoms with Crippen LogP contribution in [0, 0.1) is 5.92 Å². The molecule has 3 aromatic heterocycles. The average Bonchev–Trinajstić information content (AvgIpc) is 3.40. The van der Waals surface area contributed by atoms with Crippen LogP contribution >= 0.6 is 11.3 Å². The highest BCUT2D eigenvalue weighted by Crippen LogP contribution is 2.36. The van der Waals surface area contributed by atoms with Crippen LogP contribution in [0.3, 0.4) is 0 Å². The van der Waals surface area contributed by atoms with Gasteiger partial charge in [0, 0.05) is 36.4 Å². The number of nitrogens with zero attached hydrogens (tertiary/aromatic N) is 3. The van der Waals surface area contributed by atoms with E-state index in [0.29, 0.717) is 52.8 Å². The molecule has 1 aliphatic heterocycles. The van der Waals surface area contributed by atoms with Crippen molar-refractivity contribution in [1.29, 1.82) is 0 Å². The Kier molecular flexibility index (Phi) is 6.24. The molecule has 1 fully saturated rings. The van der Waals surface area contributed by atoms with Gasteiger partial charge < -0.3 is 19.5 Å². The first kappa shape index (κ1) is 20.3. The molecule has 10 heteroatoms. The van der Waals surface area contributed by atoms with Gasteiger partial charge >= 0.3 is 6.03 Å². The van der Waals surface area contributed by atoms with Crippen LogP contribution in [0.2, 0.25) is 0 Å². The third kappa shape index (κ3) is 4.60. The van der Waals surface area contributed by atoms with Crippen molar-refractivity contribution >= 4 is 32.8 Å².